The molecule has 1 unspecified atom stereocenters. The first-order valence-corrected chi connectivity index (χ1v) is 8.47. The van der Waals surface area contributed by atoms with Gasteiger partial charge in [-0.3, -0.25) is 4.90 Å². The highest BCUT2D eigenvalue weighted by molar-refractivity contribution is 5.43. The molecule has 1 aromatic rings. The molecule has 2 aliphatic heterocycles. The summed E-state index contributed by atoms with van der Waals surface area (Å²) in [5, 5.41) is 3.52. The molecule has 4 nitrogen and oxygen atoms in total. The van der Waals surface area contributed by atoms with Gasteiger partial charge in [-0.25, -0.2) is 0 Å². The predicted octanol–water partition coefficient (Wildman–Crippen LogP) is 2.67. The Kier molecular flexibility index (Phi) is 4.89. The molecule has 1 atom stereocenters. The lowest BCUT2D eigenvalue weighted by atomic mass is 9.86. The zero-order valence-corrected chi connectivity index (χ0v) is 13.9. The smallest absolute Gasteiger partial charge is 0.161 e. The minimum absolute atomic E-state index is 0.536. The van der Waals surface area contributed by atoms with Gasteiger partial charge in [0.2, 0.25) is 0 Å². The minimum atomic E-state index is 0.536. The van der Waals surface area contributed by atoms with Crippen molar-refractivity contribution in [3.63, 3.8) is 0 Å². The highest BCUT2D eigenvalue weighted by Crippen LogP contribution is 2.37. The van der Waals surface area contributed by atoms with E-state index in [1.165, 1.54) is 44.6 Å². The molecule has 1 N–H and O–H groups in total. The van der Waals surface area contributed by atoms with Crippen LogP contribution in [0.3, 0.4) is 0 Å². The van der Waals surface area contributed by atoms with Gasteiger partial charge in [0.15, 0.2) is 11.5 Å². The third-order valence-corrected chi connectivity index (χ3v) is 4.95. The Bertz CT molecular complexity index is 498. The van der Waals surface area contributed by atoms with Gasteiger partial charge in [0.1, 0.15) is 0 Å². The first-order valence-electron chi connectivity index (χ1n) is 8.47. The third-order valence-electron chi connectivity index (χ3n) is 4.95. The van der Waals surface area contributed by atoms with Gasteiger partial charge >= 0.3 is 0 Å². The molecule has 1 spiro atoms. The highest BCUT2D eigenvalue weighted by Gasteiger charge is 2.40. The first kappa shape index (κ1) is 15.6. The van der Waals surface area contributed by atoms with E-state index in [9.17, 15) is 0 Å². The number of rotatable bonds is 6. The molecule has 2 saturated heterocycles. The Morgan fingerprint density at radius 2 is 2.18 bits per heavy atom. The monoisotopic (exact) mass is 304 g/mol. The van der Waals surface area contributed by atoms with Crippen molar-refractivity contribution in [2.24, 2.45) is 5.41 Å². The molecular formula is C18H28N2O2. The number of hydrogen-bond acceptors (Lipinski definition) is 4. The SMILES string of the molecule is CCCOc1cc(CN2CCC3(CCNC3)C2)ccc1OC. The molecule has 3 rings (SSSR count). The molecule has 0 bridgehead atoms. The summed E-state index contributed by atoms with van der Waals surface area (Å²) in [5.41, 5.74) is 1.85. The van der Waals surface area contributed by atoms with Crippen LogP contribution >= 0.6 is 0 Å². The largest absolute Gasteiger partial charge is 0.493 e. The van der Waals surface area contributed by atoms with Crippen molar-refractivity contribution in [3.05, 3.63) is 23.8 Å². The van der Waals surface area contributed by atoms with E-state index in [2.05, 4.69) is 29.3 Å². The number of hydrogen-bond donors (Lipinski definition) is 1. The van der Waals surface area contributed by atoms with E-state index in [-0.39, 0.29) is 0 Å². The first-order chi connectivity index (χ1) is 10.7. The van der Waals surface area contributed by atoms with Gasteiger partial charge in [-0.1, -0.05) is 13.0 Å². The minimum Gasteiger partial charge on any atom is -0.493 e. The van der Waals surface area contributed by atoms with E-state index in [0.717, 1.165) is 31.1 Å². The number of nitrogens with zero attached hydrogens (tertiary/aromatic N) is 1. The summed E-state index contributed by atoms with van der Waals surface area (Å²) in [5.74, 6) is 1.70. The van der Waals surface area contributed by atoms with Crippen LogP contribution in [0.4, 0.5) is 0 Å². The second-order valence-electron chi connectivity index (χ2n) is 6.72. The molecule has 0 amide bonds. The third kappa shape index (κ3) is 3.39. The summed E-state index contributed by atoms with van der Waals surface area (Å²) in [6.45, 7) is 8.67. The van der Waals surface area contributed by atoms with Gasteiger partial charge < -0.3 is 14.8 Å². The van der Waals surface area contributed by atoms with E-state index < -0.39 is 0 Å². The van der Waals surface area contributed by atoms with E-state index in [1.54, 1.807) is 7.11 Å². The van der Waals surface area contributed by atoms with Crippen molar-refractivity contribution in [2.75, 3.05) is 39.9 Å². The molecule has 2 heterocycles. The van der Waals surface area contributed by atoms with Gasteiger partial charge in [0.05, 0.1) is 13.7 Å². The number of nitrogens with one attached hydrogen (secondary N) is 1. The van der Waals surface area contributed by atoms with Crippen molar-refractivity contribution >= 4 is 0 Å². The van der Waals surface area contributed by atoms with Crippen LogP contribution in [-0.4, -0.2) is 44.8 Å². The van der Waals surface area contributed by atoms with Crippen LogP contribution in [0.2, 0.25) is 0 Å². The Labute approximate surface area is 133 Å². The number of benzene rings is 1. The van der Waals surface area contributed by atoms with Crippen molar-refractivity contribution in [1.82, 2.24) is 10.2 Å². The predicted molar refractivity (Wildman–Crippen MR) is 88.6 cm³/mol. The highest BCUT2D eigenvalue weighted by atomic mass is 16.5. The molecule has 4 heteroatoms. The molecule has 0 aromatic heterocycles. The number of likely N-dealkylation sites (tertiary alicyclic amines) is 1. The Morgan fingerprint density at radius 1 is 1.27 bits per heavy atom. The van der Waals surface area contributed by atoms with E-state index in [4.69, 9.17) is 9.47 Å². The lowest BCUT2D eigenvalue weighted by molar-refractivity contribution is 0.266. The standard InChI is InChI=1S/C18H28N2O2/c1-3-10-22-17-11-15(4-5-16(17)21-2)12-20-9-7-18(14-20)6-8-19-13-18/h4-5,11,19H,3,6-10,12-14H2,1-2H3. The van der Waals surface area contributed by atoms with Gasteiger partial charge in [-0.05, 0) is 55.5 Å². The fourth-order valence-electron chi connectivity index (χ4n) is 3.71. The van der Waals surface area contributed by atoms with Crippen molar-refractivity contribution in [2.45, 2.75) is 32.7 Å². The van der Waals surface area contributed by atoms with Crippen molar-refractivity contribution in [3.8, 4) is 11.5 Å². The molecule has 0 aliphatic carbocycles. The lowest BCUT2D eigenvalue weighted by Gasteiger charge is -2.23. The molecule has 0 radical (unpaired) electrons. The summed E-state index contributed by atoms with van der Waals surface area (Å²) in [6.07, 6.45) is 3.67. The fraction of sp³-hybridized carbons (Fsp3) is 0.667. The van der Waals surface area contributed by atoms with Crippen LogP contribution in [0.5, 0.6) is 11.5 Å². The molecule has 2 fully saturated rings. The van der Waals surface area contributed by atoms with Gasteiger partial charge in [-0.2, -0.15) is 0 Å². The van der Waals surface area contributed by atoms with Gasteiger partial charge in [-0.15, -0.1) is 0 Å². The summed E-state index contributed by atoms with van der Waals surface area (Å²) < 4.78 is 11.2. The maximum atomic E-state index is 5.82. The maximum Gasteiger partial charge on any atom is 0.161 e. The van der Waals surface area contributed by atoms with Crippen LogP contribution in [0, 0.1) is 5.41 Å². The van der Waals surface area contributed by atoms with E-state index >= 15 is 0 Å². The zero-order valence-electron chi connectivity index (χ0n) is 13.9. The summed E-state index contributed by atoms with van der Waals surface area (Å²) >= 11 is 0. The summed E-state index contributed by atoms with van der Waals surface area (Å²) in [4.78, 5) is 2.58. The fourth-order valence-corrected chi connectivity index (χ4v) is 3.71. The quantitative estimate of drug-likeness (QED) is 0.876. The van der Waals surface area contributed by atoms with Crippen LogP contribution in [0.15, 0.2) is 18.2 Å². The van der Waals surface area contributed by atoms with Gasteiger partial charge in [0, 0.05) is 19.6 Å². The molecule has 22 heavy (non-hydrogen) atoms. The molecule has 0 saturated carbocycles. The lowest BCUT2D eigenvalue weighted by Crippen LogP contribution is -2.28. The Balaban J connectivity index is 1.65. The van der Waals surface area contributed by atoms with E-state index in [0.29, 0.717) is 5.41 Å². The normalized spacial score (nSPS) is 25.0. The second-order valence-corrected chi connectivity index (χ2v) is 6.72. The van der Waals surface area contributed by atoms with Crippen LogP contribution in [0.1, 0.15) is 31.7 Å². The van der Waals surface area contributed by atoms with Crippen LogP contribution in [0.25, 0.3) is 0 Å². The van der Waals surface area contributed by atoms with E-state index in [1.807, 2.05) is 6.07 Å². The van der Waals surface area contributed by atoms with Crippen molar-refractivity contribution < 1.29 is 9.47 Å². The van der Waals surface area contributed by atoms with Crippen LogP contribution < -0.4 is 14.8 Å². The second kappa shape index (κ2) is 6.88. The number of ether oxygens (including phenoxy) is 2. The van der Waals surface area contributed by atoms with Gasteiger partial charge in [0.25, 0.3) is 0 Å². The van der Waals surface area contributed by atoms with Crippen molar-refractivity contribution in [1.29, 1.82) is 0 Å². The van der Waals surface area contributed by atoms with Crippen LogP contribution in [-0.2, 0) is 6.54 Å². The maximum absolute atomic E-state index is 5.82. The average Bonchev–Trinajstić information content (AvgIpc) is 3.16. The molecular weight excluding hydrogens is 276 g/mol. The zero-order chi connectivity index (χ0) is 15.4. The molecule has 122 valence electrons. The molecule has 1 aromatic carbocycles. The topological polar surface area (TPSA) is 33.7 Å². The Hall–Kier alpha value is -1.26. The average molecular weight is 304 g/mol. The molecule has 2 aliphatic rings. The summed E-state index contributed by atoms with van der Waals surface area (Å²) in [7, 11) is 1.70. The Morgan fingerprint density at radius 3 is 2.91 bits per heavy atom. The number of methoxy groups -OCH3 is 1. The summed E-state index contributed by atoms with van der Waals surface area (Å²) in [6, 6.07) is 6.34.